The summed E-state index contributed by atoms with van der Waals surface area (Å²) in [6.45, 7) is 5.80. The molecule has 0 heterocycles. The van der Waals surface area contributed by atoms with E-state index in [4.69, 9.17) is 10.5 Å². The molecule has 0 fully saturated rings. The molecule has 10 heavy (non-hydrogen) atoms. The van der Waals surface area contributed by atoms with Crippen LogP contribution in [0.2, 0.25) is 0 Å². The van der Waals surface area contributed by atoms with Gasteiger partial charge in [-0.15, -0.1) is 0 Å². The Morgan fingerprint density at radius 1 is 1.50 bits per heavy atom. The smallest absolute Gasteiger partial charge is 0.247 e. The lowest BCUT2D eigenvalue weighted by atomic mass is 10.2. The molecule has 0 aliphatic heterocycles. The van der Waals surface area contributed by atoms with Gasteiger partial charge in [0.25, 0.3) is 0 Å². The van der Waals surface area contributed by atoms with Crippen molar-refractivity contribution in [1.82, 2.24) is 0 Å². The molecule has 0 unspecified atom stereocenters. The lowest BCUT2D eigenvalue weighted by Gasteiger charge is -2.04. The van der Waals surface area contributed by atoms with Gasteiger partial charge in [0.05, 0.1) is 12.2 Å². The number of primary amides is 1. The standard InChI is InChI=1S/C7H13NO2/c1-4-10-6(3)5(2)7(8)9/h4H2,1-3H3,(H2,8,9)/b6-5-. The number of nitrogens with two attached hydrogens (primary N) is 1. The first-order chi connectivity index (χ1) is 4.59. The fourth-order valence-electron chi connectivity index (χ4n) is 0.498. The van der Waals surface area contributed by atoms with E-state index in [1.165, 1.54) is 0 Å². The van der Waals surface area contributed by atoms with Gasteiger partial charge in [0, 0.05) is 0 Å². The van der Waals surface area contributed by atoms with Gasteiger partial charge in [0.1, 0.15) is 5.76 Å². The fraction of sp³-hybridized carbons (Fsp3) is 0.571. The van der Waals surface area contributed by atoms with Gasteiger partial charge < -0.3 is 10.5 Å². The summed E-state index contributed by atoms with van der Waals surface area (Å²) >= 11 is 0. The highest BCUT2D eigenvalue weighted by Gasteiger charge is 2.02. The van der Waals surface area contributed by atoms with Crippen LogP contribution in [0.5, 0.6) is 0 Å². The summed E-state index contributed by atoms with van der Waals surface area (Å²) in [6.07, 6.45) is 0. The first kappa shape index (κ1) is 9.01. The van der Waals surface area contributed by atoms with E-state index in [0.29, 0.717) is 17.9 Å². The Morgan fingerprint density at radius 3 is 2.30 bits per heavy atom. The van der Waals surface area contributed by atoms with E-state index in [2.05, 4.69) is 0 Å². The Hall–Kier alpha value is -0.990. The molecule has 0 atom stereocenters. The second-order valence-electron chi connectivity index (χ2n) is 1.98. The van der Waals surface area contributed by atoms with Gasteiger partial charge >= 0.3 is 0 Å². The maximum Gasteiger partial charge on any atom is 0.247 e. The van der Waals surface area contributed by atoms with Crippen LogP contribution in [0.4, 0.5) is 0 Å². The summed E-state index contributed by atoms with van der Waals surface area (Å²) in [6, 6.07) is 0. The number of amides is 1. The molecule has 0 aliphatic rings. The molecule has 0 spiro atoms. The van der Waals surface area contributed by atoms with Crippen LogP contribution in [0.25, 0.3) is 0 Å². The Labute approximate surface area is 60.9 Å². The molecule has 0 radical (unpaired) electrons. The average molecular weight is 143 g/mol. The van der Waals surface area contributed by atoms with Crippen LogP contribution < -0.4 is 5.73 Å². The number of allylic oxidation sites excluding steroid dienone is 1. The third-order valence-electron chi connectivity index (χ3n) is 1.26. The van der Waals surface area contributed by atoms with Gasteiger partial charge in [-0.3, -0.25) is 4.79 Å². The SMILES string of the molecule is CCO/C(C)=C(/C)C(N)=O. The summed E-state index contributed by atoms with van der Waals surface area (Å²) in [7, 11) is 0. The summed E-state index contributed by atoms with van der Waals surface area (Å²) in [4.78, 5) is 10.5. The Morgan fingerprint density at radius 2 is 2.00 bits per heavy atom. The van der Waals surface area contributed by atoms with E-state index in [1.54, 1.807) is 13.8 Å². The molecule has 0 aliphatic carbocycles. The largest absolute Gasteiger partial charge is 0.498 e. The van der Waals surface area contributed by atoms with Crippen molar-refractivity contribution in [3.8, 4) is 0 Å². The molecule has 0 aromatic heterocycles. The zero-order valence-corrected chi connectivity index (χ0v) is 6.60. The monoisotopic (exact) mass is 143 g/mol. The van der Waals surface area contributed by atoms with Gasteiger partial charge in [-0.25, -0.2) is 0 Å². The van der Waals surface area contributed by atoms with Crippen LogP contribution in [0, 0.1) is 0 Å². The van der Waals surface area contributed by atoms with Crippen molar-refractivity contribution in [2.24, 2.45) is 5.73 Å². The Bertz CT molecular complexity index is 161. The van der Waals surface area contributed by atoms with E-state index >= 15 is 0 Å². The molecule has 58 valence electrons. The normalized spacial score (nSPS) is 12.3. The molecule has 2 N–H and O–H groups in total. The third-order valence-corrected chi connectivity index (χ3v) is 1.26. The Balaban J connectivity index is 4.19. The van der Waals surface area contributed by atoms with Crippen molar-refractivity contribution in [2.45, 2.75) is 20.8 Å². The van der Waals surface area contributed by atoms with E-state index in [-0.39, 0.29) is 0 Å². The van der Waals surface area contributed by atoms with Crippen LogP contribution in [0.15, 0.2) is 11.3 Å². The van der Waals surface area contributed by atoms with Gasteiger partial charge in [-0.1, -0.05) is 0 Å². The number of ether oxygens (including phenoxy) is 1. The zero-order chi connectivity index (χ0) is 8.15. The molecule has 0 saturated carbocycles. The molecule has 3 heteroatoms. The second kappa shape index (κ2) is 3.93. The molecule has 0 aromatic carbocycles. The molecule has 0 rings (SSSR count). The molecule has 0 saturated heterocycles. The highest BCUT2D eigenvalue weighted by atomic mass is 16.5. The minimum atomic E-state index is -0.425. The average Bonchev–Trinajstić information content (AvgIpc) is 1.87. The van der Waals surface area contributed by atoms with Crippen molar-refractivity contribution in [1.29, 1.82) is 0 Å². The van der Waals surface area contributed by atoms with Crippen molar-refractivity contribution in [2.75, 3.05) is 6.61 Å². The minimum absolute atomic E-state index is 0.425. The molecule has 1 amide bonds. The van der Waals surface area contributed by atoms with Crippen LogP contribution in [-0.2, 0) is 9.53 Å². The first-order valence-corrected chi connectivity index (χ1v) is 3.19. The van der Waals surface area contributed by atoms with Crippen LogP contribution in [0.1, 0.15) is 20.8 Å². The maximum absolute atomic E-state index is 10.5. The van der Waals surface area contributed by atoms with E-state index in [1.807, 2.05) is 6.92 Å². The lowest BCUT2D eigenvalue weighted by Crippen LogP contribution is -2.13. The lowest BCUT2D eigenvalue weighted by molar-refractivity contribution is -0.114. The van der Waals surface area contributed by atoms with E-state index in [9.17, 15) is 4.79 Å². The topological polar surface area (TPSA) is 52.3 Å². The summed E-state index contributed by atoms with van der Waals surface area (Å²) in [5, 5.41) is 0. The highest BCUT2D eigenvalue weighted by molar-refractivity contribution is 5.91. The first-order valence-electron chi connectivity index (χ1n) is 3.19. The molecular weight excluding hydrogens is 130 g/mol. The van der Waals surface area contributed by atoms with Gasteiger partial charge in [-0.2, -0.15) is 0 Å². The number of hydrogen-bond acceptors (Lipinski definition) is 2. The van der Waals surface area contributed by atoms with Crippen LogP contribution in [-0.4, -0.2) is 12.5 Å². The maximum atomic E-state index is 10.5. The second-order valence-corrected chi connectivity index (χ2v) is 1.98. The number of rotatable bonds is 3. The predicted octanol–water partition coefficient (Wildman–Crippen LogP) is 0.802. The van der Waals surface area contributed by atoms with Gasteiger partial charge in [0.2, 0.25) is 5.91 Å². The highest BCUT2D eigenvalue weighted by Crippen LogP contribution is 2.02. The number of hydrogen-bond donors (Lipinski definition) is 1. The van der Waals surface area contributed by atoms with E-state index < -0.39 is 5.91 Å². The van der Waals surface area contributed by atoms with Crippen molar-refractivity contribution in [3.63, 3.8) is 0 Å². The predicted molar refractivity (Wildman–Crippen MR) is 39.2 cm³/mol. The Kier molecular flexibility index (Phi) is 3.54. The summed E-state index contributed by atoms with van der Waals surface area (Å²) < 4.78 is 5.04. The molecular formula is C7H13NO2. The molecule has 3 nitrogen and oxygen atoms in total. The third kappa shape index (κ3) is 2.53. The van der Waals surface area contributed by atoms with Gasteiger partial charge in [0.15, 0.2) is 0 Å². The number of carbonyl (C=O) groups is 1. The fourth-order valence-corrected chi connectivity index (χ4v) is 0.498. The van der Waals surface area contributed by atoms with Crippen molar-refractivity contribution >= 4 is 5.91 Å². The van der Waals surface area contributed by atoms with Crippen molar-refractivity contribution < 1.29 is 9.53 Å². The quantitative estimate of drug-likeness (QED) is 0.469. The summed E-state index contributed by atoms with van der Waals surface area (Å²) in [5.74, 6) is 0.181. The zero-order valence-electron chi connectivity index (χ0n) is 6.60. The summed E-state index contributed by atoms with van der Waals surface area (Å²) in [5.41, 5.74) is 5.48. The van der Waals surface area contributed by atoms with Gasteiger partial charge in [-0.05, 0) is 20.8 Å². The van der Waals surface area contributed by atoms with Crippen LogP contribution in [0.3, 0.4) is 0 Å². The van der Waals surface area contributed by atoms with Crippen LogP contribution >= 0.6 is 0 Å². The molecule has 0 bridgehead atoms. The van der Waals surface area contributed by atoms with Crippen molar-refractivity contribution in [3.05, 3.63) is 11.3 Å². The minimum Gasteiger partial charge on any atom is -0.498 e. The molecule has 0 aromatic rings. The number of carbonyl (C=O) groups excluding carboxylic acids is 1. The van der Waals surface area contributed by atoms with E-state index in [0.717, 1.165) is 0 Å².